The van der Waals surface area contributed by atoms with Crippen LogP contribution in [0, 0.1) is 0 Å². The summed E-state index contributed by atoms with van der Waals surface area (Å²) >= 11 is 12.2. The number of hydrogen-bond acceptors (Lipinski definition) is 5. The van der Waals surface area contributed by atoms with E-state index in [1.807, 2.05) is 25.1 Å². The molecule has 1 N–H and O–H groups in total. The van der Waals surface area contributed by atoms with Crippen LogP contribution in [0.1, 0.15) is 57.7 Å². The molecule has 0 saturated carbocycles. The highest BCUT2D eigenvalue weighted by molar-refractivity contribution is 7.92. The van der Waals surface area contributed by atoms with Crippen LogP contribution in [0.2, 0.25) is 28.2 Å². The molecule has 1 fully saturated rings. The monoisotopic (exact) mass is 641 g/mol. The molecule has 1 amide bonds. The highest BCUT2D eigenvalue weighted by Crippen LogP contribution is 2.37. The number of anilines is 1. The third-order valence-corrected chi connectivity index (χ3v) is 14.9. The fourth-order valence-electron chi connectivity index (χ4n) is 4.84. The first-order valence-corrected chi connectivity index (χ1v) is 19.5. The molecule has 1 saturated heterocycles. The Morgan fingerprint density at radius 3 is 2.37 bits per heavy atom. The molecule has 228 valence electrons. The molecular formula is C30H45Cl2N3O4SSi. The molecule has 41 heavy (non-hydrogen) atoms. The third kappa shape index (κ3) is 9.69. The Labute approximate surface area is 257 Å². The Morgan fingerprint density at radius 2 is 1.76 bits per heavy atom. The summed E-state index contributed by atoms with van der Waals surface area (Å²) in [6.07, 6.45) is 2.00. The van der Waals surface area contributed by atoms with Crippen LogP contribution in [-0.4, -0.2) is 71.0 Å². The standard InChI is InChI=1S/C30H45Cl2N3O4SSi/c1-22(39-41(6,7)30(2,3)4)21-40(37,38)33-25-12-10-11-24(19-25)28(20-35-15-8-9-16-35)34(5)29(36)18-23-13-14-26(31)27(32)17-23/h10-14,17,19,22,28,33H,8-9,15-16,18,20-21H2,1-7H3/t22?,28-/m1/s1. The van der Waals surface area contributed by atoms with Gasteiger partial charge >= 0.3 is 0 Å². The first-order chi connectivity index (χ1) is 19.0. The van der Waals surface area contributed by atoms with Crippen LogP contribution in [0.4, 0.5) is 5.69 Å². The second-order valence-electron chi connectivity index (χ2n) is 12.7. The van der Waals surface area contributed by atoms with E-state index in [4.69, 9.17) is 27.6 Å². The van der Waals surface area contributed by atoms with Crippen molar-refractivity contribution in [2.24, 2.45) is 0 Å². The maximum Gasteiger partial charge on any atom is 0.235 e. The van der Waals surface area contributed by atoms with E-state index in [0.717, 1.165) is 37.1 Å². The van der Waals surface area contributed by atoms with Crippen molar-refractivity contribution in [3.8, 4) is 0 Å². The van der Waals surface area contributed by atoms with Crippen molar-refractivity contribution in [3.63, 3.8) is 0 Å². The fraction of sp³-hybridized carbons (Fsp3) is 0.567. The van der Waals surface area contributed by atoms with E-state index in [1.54, 1.807) is 36.2 Å². The fourth-order valence-corrected chi connectivity index (χ4v) is 7.98. The Balaban J connectivity index is 1.78. The number of carbonyl (C=O) groups is 1. The minimum atomic E-state index is -3.67. The smallest absolute Gasteiger partial charge is 0.235 e. The Hall–Kier alpha value is -1.62. The highest BCUT2D eigenvalue weighted by Gasteiger charge is 2.39. The van der Waals surface area contributed by atoms with E-state index in [0.29, 0.717) is 22.3 Å². The summed E-state index contributed by atoms with van der Waals surface area (Å²) in [6, 6.07) is 12.3. The van der Waals surface area contributed by atoms with Gasteiger partial charge in [0.25, 0.3) is 0 Å². The number of amides is 1. The lowest BCUT2D eigenvalue weighted by atomic mass is 10.0. The van der Waals surface area contributed by atoms with Gasteiger partial charge in [0.05, 0.1) is 34.4 Å². The van der Waals surface area contributed by atoms with Gasteiger partial charge in [0.1, 0.15) is 0 Å². The second-order valence-corrected chi connectivity index (χ2v) is 20.0. The van der Waals surface area contributed by atoms with Crippen LogP contribution >= 0.6 is 23.2 Å². The molecule has 2 aromatic rings. The van der Waals surface area contributed by atoms with Gasteiger partial charge in [0, 0.05) is 19.3 Å². The molecule has 0 aromatic heterocycles. The molecule has 1 unspecified atom stereocenters. The maximum absolute atomic E-state index is 13.4. The van der Waals surface area contributed by atoms with Crippen LogP contribution in [0.15, 0.2) is 42.5 Å². The van der Waals surface area contributed by atoms with E-state index in [9.17, 15) is 13.2 Å². The largest absolute Gasteiger partial charge is 0.413 e. The summed E-state index contributed by atoms with van der Waals surface area (Å²) < 4.78 is 35.3. The molecular weight excluding hydrogens is 597 g/mol. The predicted molar refractivity (Wildman–Crippen MR) is 173 cm³/mol. The van der Waals surface area contributed by atoms with Gasteiger partial charge in [-0.3, -0.25) is 9.52 Å². The van der Waals surface area contributed by atoms with Gasteiger partial charge in [-0.25, -0.2) is 8.42 Å². The van der Waals surface area contributed by atoms with Crippen molar-refractivity contribution in [2.75, 3.05) is 37.2 Å². The van der Waals surface area contributed by atoms with Crippen molar-refractivity contribution in [1.29, 1.82) is 0 Å². The van der Waals surface area contributed by atoms with Gasteiger partial charge in [-0.15, -0.1) is 0 Å². The number of likely N-dealkylation sites (N-methyl/N-ethyl adjacent to an activating group) is 1. The second kappa shape index (κ2) is 13.8. The van der Waals surface area contributed by atoms with Gasteiger partial charge in [0.15, 0.2) is 8.32 Å². The van der Waals surface area contributed by atoms with Gasteiger partial charge in [-0.05, 0) is 86.4 Å². The summed E-state index contributed by atoms with van der Waals surface area (Å²) in [5.41, 5.74) is 2.12. The van der Waals surface area contributed by atoms with Gasteiger partial charge in [0.2, 0.25) is 15.9 Å². The third-order valence-electron chi connectivity index (χ3n) is 8.13. The van der Waals surface area contributed by atoms with E-state index >= 15 is 0 Å². The normalized spacial score (nSPS) is 16.4. The molecule has 3 rings (SSSR count). The first kappa shape index (κ1) is 33.9. The minimum absolute atomic E-state index is 0.0135. The highest BCUT2D eigenvalue weighted by atomic mass is 35.5. The zero-order valence-electron chi connectivity index (χ0n) is 25.3. The van der Waals surface area contributed by atoms with Crippen LogP contribution in [0.25, 0.3) is 0 Å². The van der Waals surface area contributed by atoms with Crippen LogP contribution < -0.4 is 4.72 Å². The molecule has 1 aliphatic rings. The number of hydrogen-bond donors (Lipinski definition) is 1. The van der Waals surface area contributed by atoms with Crippen LogP contribution in [-0.2, 0) is 25.7 Å². The Bertz CT molecular complexity index is 1310. The topological polar surface area (TPSA) is 79.0 Å². The van der Waals surface area contributed by atoms with Gasteiger partial charge < -0.3 is 14.2 Å². The van der Waals surface area contributed by atoms with Gasteiger partial charge in [-0.1, -0.05) is 62.2 Å². The zero-order valence-corrected chi connectivity index (χ0v) is 28.7. The van der Waals surface area contributed by atoms with Crippen LogP contribution in [0.5, 0.6) is 0 Å². The first-order valence-electron chi connectivity index (χ1n) is 14.2. The summed E-state index contributed by atoms with van der Waals surface area (Å²) in [4.78, 5) is 17.5. The Morgan fingerprint density at radius 1 is 1.10 bits per heavy atom. The summed E-state index contributed by atoms with van der Waals surface area (Å²) in [7, 11) is -3.97. The number of likely N-dealkylation sites (tertiary alicyclic amines) is 1. The van der Waals surface area contributed by atoms with Gasteiger partial charge in [-0.2, -0.15) is 0 Å². The molecule has 7 nitrogen and oxygen atoms in total. The molecule has 0 spiro atoms. The van der Waals surface area contributed by atoms with E-state index in [2.05, 4.69) is 43.5 Å². The van der Waals surface area contributed by atoms with Crippen molar-refractivity contribution in [3.05, 3.63) is 63.6 Å². The van der Waals surface area contributed by atoms with E-state index in [1.165, 1.54) is 0 Å². The molecule has 1 aliphatic heterocycles. The van der Waals surface area contributed by atoms with Crippen molar-refractivity contribution in [1.82, 2.24) is 9.80 Å². The maximum atomic E-state index is 13.4. The Kier molecular flexibility index (Phi) is 11.4. The molecule has 2 aromatic carbocycles. The lowest BCUT2D eigenvalue weighted by Gasteiger charge is -2.38. The SMILES string of the molecule is CC(CS(=O)(=O)Nc1cccc([C@@H](CN2CCCC2)N(C)C(=O)Cc2ccc(Cl)c(Cl)c2)c1)O[Si](C)(C)C(C)(C)C. The zero-order chi connectivity index (χ0) is 30.6. The molecule has 11 heteroatoms. The summed E-state index contributed by atoms with van der Waals surface area (Å²) in [5.74, 6) is -0.196. The number of sulfonamides is 1. The molecule has 0 radical (unpaired) electrons. The lowest BCUT2D eigenvalue weighted by Crippen LogP contribution is -2.45. The summed E-state index contributed by atoms with van der Waals surface area (Å²) in [6.45, 7) is 15.1. The van der Waals surface area contributed by atoms with Crippen molar-refractivity contribution < 1.29 is 17.6 Å². The number of benzene rings is 2. The number of nitrogens with zero attached hydrogens (tertiary/aromatic N) is 2. The number of halogens is 2. The number of nitrogens with one attached hydrogen (secondary N) is 1. The van der Waals surface area contributed by atoms with Crippen molar-refractivity contribution >= 4 is 53.1 Å². The number of carbonyl (C=O) groups excluding carboxylic acids is 1. The average Bonchev–Trinajstić information content (AvgIpc) is 3.36. The molecule has 2 atom stereocenters. The van der Waals surface area contributed by atoms with Crippen molar-refractivity contribution in [2.45, 2.75) is 77.2 Å². The molecule has 0 aliphatic carbocycles. The minimum Gasteiger partial charge on any atom is -0.413 e. The molecule has 0 bridgehead atoms. The lowest BCUT2D eigenvalue weighted by molar-refractivity contribution is -0.131. The number of rotatable bonds is 12. The van der Waals surface area contributed by atoms with Crippen LogP contribution in [0.3, 0.4) is 0 Å². The average molecular weight is 643 g/mol. The van der Waals surface area contributed by atoms with E-state index in [-0.39, 0.29) is 29.2 Å². The predicted octanol–water partition coefficient (Wildman–Crippen LogP) is 6.98. The molecule has 1 heterocycles. The van der Waals surface area contributed by atoms with E-state index < -0.39 is 24.4 Å². The quantitative estimate of drug-likeness (QED) is 0.253. The summed E-state index contributed by atoms with van der Waals surface area (Å²) in [5, 5.41) is 0.848.